The quantitative estimate of drug-likeness (QED) is 0.0972. The van der Waals surface area contributed by atoms with Crippen LogP contribution >= 0.6 is 31.9 Å². The van der Waals surface area contributed by atoms with E-state index in [0.29, 0.717) is 6.42 Å². The minimum absolute atomic E-state index is 0.0350. The average molecular weight is 697 g/mol. The molecule has 0 amide bonds. The van der Waals surface area contributed by atoms with Crippen LogP contribution in [0, 0.1) is 0 Å². The van der Waals surface area contributed by atoms with E-state index in [2.05, 4.69) is 138 Å². The molecule has 0 heterocycles. The predicted octanol–water partition coefficient (Wildman–Crippen LogP) is 8.56. The standard InChI is InChI=1S/C26H31BrOSi.C9H9BrO2/c1-26(2,3)29(24-12-6-4-7-13-24,25-14-8-5-9-15-25)28-20-10-11-22-16-18-23(21-27)19-17-22;10-8-4-1-7(2-5-8)3-6-9(11)12/h4-9,12-19H,10-11,20-21H2,1-3H3;1-2,4-5H,3,6H2,(H,11,12). The van der Waals surface area contributed by atoms with E-state index in [1.54, 1.807) is 0 Å². The summed E-state index contributed by atoms with van der Waals surface area (Å²) in [6.45, 7) is 7.77. The topological polar surface area (TPSA) is 46.5 Å². The molecule has 0 spiro atoms. The monoisotopic (exact) mass is 694 g/mol. The molecule has 4 aromatic rings. The Kier molecular flexibility index (Phi) is 13.0. The van der Waals surface area contributed by atoms with E-state index in [9.17, 15) is 4.79 Å². The first kappa shape index (κ1) is 33.0. The maximum atomic E-state index is 10.2. The molecule has 0 bridgehead atoms. The summed E-state index contributed by atoms with van der Waals surface area (Å²) < 4.78 is 7.98. The van der Waals surface area contributed by atoms with Gasteiger partial charge in [-0.25, -0.2) is 0 Å². The molecule has 0 fully saturated rings. The number of benzene rings is 4. The van der Waals surface area contributed by atoms with E-state index >= 15 is 0 Å². The number of alkyl halides is 1. The van der Waals surface area contributed by atoms with E-state index in [-0.39, 0.29) is 11.5 Å². The molecule has 0 aliphatic rings. The van der Waals surface area contributed by atoms with Crippen LogP contribution in [0.4, 0.5) is 0 Å². The number of hydrogen-bond donors (Lipinski definition) is 1. The van der Waals surface area contributed by atoms with Crippen molar-refractivity contribution in [3.63, 3.8) is 0 Å². The number of hydrogen-bond acceptors (Lipinski definition) is 2. The van der Waals surface area contributed by atoms with Crippen LogP contribution in [0.3, 0.4) is 0 Å². The van der Waals surface area contributed by atoms with E-state index in [1.165, 1.54) is 21.5 Å². The van der Waals surface area contributed by atoms with Gasteiger partial charge in [0, 0.05) is 22.8 Å². The lowest BCUT2D eigenvalue weighted by atomic mass is 10.1. The third-order valence-electron chi connectivity index (χ3n) is 7.06. The number of carboxylic acids is 1. The summed E-state index contributed by atoms with van der Waals surface area (Å²) in [5.74, 6) is -0.752. The number of carboxylic acid groups (broad SMARTS) is 1. The maximum absolute atomic E-state index is 10.2. The smallest absolute Gasteiger partial charge is 0.303 e. The van der Waals surface area contributed by atoms with Crippen molar-refractivity contribution in [2.75, 3.05) is 6.61 Å². The summed E-state index contributed by atoms with van der Waals surface area (Å²) in [7, 11) is -2.41. The van der Waals surface area contributed by atoms with Gasteiger partial charge in [0.15, 0.2) is 0 Å². The van der Waals surface area contributed by atoms with Crippen molar-refractivity contribution in [1.82, 2.24) is 0 Å². The van der Waals surface area contributed by atoms with Gasteiger partial charge in [0.05, 0.1) is 0 Å². The first-order chi connectivity index (χ1) is 19.7. The van der Waals surface area contributed by atoms with Crippen LogP contribution in [-0.4, -0.2) is 26.0 Å². The van der Waals surface area contributed by atoms with Crippen molar-refractivity contribution in [2.45, 2.75) is 56.8 Å². The molecule has 216 valence electrons. The number of rotatable bonds is 11. The normalized spacial score (nSPS) is 11.4. The SMILES string of the molecule is CC(C)(C)[Si](OCCCc1ccc(CBr)cc1)(c1ccccc1)c1ccccc1.O=C(O)CCc1ccc(Br)cc1. The maximum Gasteiger partial charge on any atom is 0.303 e. The van der Waals surface area contributed by atoms with Crippen LogP contribution < -0.4 is 10.4 Å². The molecule has 0 aliphatic heterocycles. The summed E-state index contributed by atoms with van der Waals surface area (Å²) in [6.07, 6.45) is 2.86. The molecule has 41 heavy (non-hydrogen) atoms. The van der Waals surface area contributed by atoms with Crippen LogP contribution in [0.1, 0.15) is 50.3 Å². The molecule has 0 saturated heterocycles. The van der Waals surface area contributed by atoms with Gasteiger partial charge in [-0.3, -0.25) is 4.79 Å². The van der Waals surface area contributed by atoms with Gasteiger partial charge in [0.25, 0.3) is 8.32 Å². The Balaban J connectivity index is 0.000000322. The highest BCUT2D eigenvalue weighted by atomic mass is 79.9. The zero-order chi connectivity index (χ0) is 29.7. The molecule has 0 radical (unpaired) electrons. The van der Waals surface area contributed by atoms with Crippen molar-refractivity contribution < 1.29 is 14.3 Å². The predicted molar refractivity (Wildman–Crippen MR) is 181 cm³/mol. The second-order valence-corrected chi connectivity index (χ2v) is 16.9. The lowest BCUT2D eigenvalue weighted by molar-refractivity contribution is -0.136. The van der Waals surface area contributed by atoms with Gasteiger partial charge in [-0.05, 0) is 63.5 Å². The summed E-state index contributed by atoms with van der Waals surface area (Å²) in [6, 6.07) is 38.3. The van der Waals surface area contributed by atoms with Crippen molar-refractivity contribution in [2.24, 2.45) is 0 Å². The number of aliphatic carboxylic acids is 1. The van der Waals surface area contributed by atoms with Gasteiger partial charge in [0.1, 0.15) is 0 Å². The van der Waals surface area contributed by atoms with Gasteiger partial charge in [0.2, 0.25) is 0 Å². The Morgan fingerprint density at radius 2 is 1.20 bits per heavy atom. The molecule has 0 atom stereocenters. The van der Waals surface area contributed by atoms with Gasteiger partial charge in [-0.1, -0.05) is 150 Å². The summed E-state index contributed by atoms with van der Waals surface area (Å²) >= 11 is 6.82. The Labute approximate surface area is 263 Å². The molecule has 0 saturated carbocycles. The lowest BCUT2D eigenvalue weighted by Crippen LogP contribution is -2.66. The van der Waals surface area contributed by atoms with E-state index in [1.807, 2.05) is 24.3 Å². The minimum atomic E-state index is -2.41. The highest BCUT2D eigenvalue weighted by Crippen LogP contribution is 2.36. The van der Waals surface area contributed by atoms with Crippen LogP contribution in [0.2, 0.25) is 5.04 Å². The zero-order valence-electron chi connectivity index (χ0n) is 24.2. The van der Waals surface area contributed by atoms with Crippen molar-refractivity contribution in [3.8, 4) is 0 Å². The highest BCUT2D eigenvalue weighted by Gasteiger charge is 2.49. The fourth-order valence-corrected chi connectivity index (χ4v) is 10.2. The fourth-order valence-electron chi connectivity index (χ4n) is 4.96. The van der Waals surface area contributed by atoms with E-state index in [0.717, 1.165) is 34.8 Å². The first-order valence-electron chi connectivity index (χ1n) is 14.0. The van der Waals surface area contributed by atoms with Crippen molar-refractivity contribution in [1.29, 1.82) is 0 Å². The third kappa shape index (κ3) is 9.78. The third-order valence-corrected chi connectivity index (χ3v) is 13.3. The molecule has 1 N–H and O–H groups in total. The Morgan fingerprint density at radius 3 is 1.66 bits per heavy atom. The van der Waals surface area contributed by atoms with E-state index < -0.39 is 14.3 Å². The fraction of sp³-hybridized carbons (Fsp3) is 0.286. The van der Waals surface area contributed by atoms with Crippen molar-refractivity contribution >= 4 is 56.5 Å². The molecular formula is C35H40Br2O3Si. The van der Waals surface area contributed by atoms with Crippen LogP contribution in [-0.2, 0) is 27.4 Å². The number of carbonyl (C=O) groups is 1. The molecular weight excluding hydrogens is 656 g/mol. The van der Waals surface area contributed by atoms with Crippen LogP contribution in [0.5, 0.6) is 0 Å². The Hall–Kier alpha value is -2.51. The molecule has 6 heteroatoms. The lowest BCUT2D eigenvalue weighted by Gasteiger charge is -2.43. The molecule has 0 aliphatic carbocycles. The number of halogens is 2. The van der Waals surface area contributed by atoms with Gasteiger partial charge < -0.3 is 9.53 Å². The largest absolute Gasteiger partial charge is 0.481 e. The Morgan fingerprint density at radius 1 is 0.732 bits per heavy atom. The summed E-state index contributed by atoms with van der Waals surface area (Å²) in [4.78, 5) is 10.2. The van der Waals surface area contributed by atoms with E-state index in [4.69, 9.17) is 9.53 Å². The first-order valence-corrected chi connectivity index (χ1v) is 17.8. The molecule has 4 aromatic carbocycles. The van der Waals surface area contributed by atoms with Gasteiger partial charge in [-0.15, -0.1) is 0 Å². The average Bonchev–Trinajstić information content (AvgIpc) is 2.98. The molecule has 0 aromatic heterocycles. The highest BCUT2D eigenvalue weighted by molar-refractivity contribution is 9.10. The second-order valence-electron chi connectivity index (χ2n) is 11.1. The van der Waals surface area contributed by atoms with Gasteiger partial charge >= 0.3 is 5.97 Å². The van der Waals surface area contributed by atoms with Crippen molar-refractivity contribution in [3.05, 3.63) is 130 Å². The van der Waals surface area contributed by atoms with Crippen LogP contribution in [0.25, 0.3) is 0 Å². The zero-order valence-corrected chi connectivity index (χ0v) is 28.3. The number of aryl methyl sites for hydroxylation is 2. The molecule has 4 rings (SSSR count). The summed E-state index contributed by atoms with van der Waals surface area (Å²) in [5.41, 5.74) is 3.75. The Bertz CT molecular complexity index is 1280. The molecule has 3 nitrogen and oxygen atoms in total. The van der Waals surface area contributed by atoms with Crippen LogP contribution in [0.15, 0.2) is 114 Å². The minimum Gasteiger partial charge on any atom is -0.481 e. The van der Waals surface area contributed by atoms with Gasteiger partial charge in [-0.2, -0.15) is 0 Å². The second kappa shape index (κ2) is 16.2. The molecule has 0 unspecified atom stereocenters. The summed E-state index contributed by atoms with van der Waals surface area (Å²) in [5, 5.41) is 12.1.